The van der Waals surface area contributed by atoms with E-state index in [1.807, 2.05) is 23.1 Å². The van der Waals surface area contributed by atoms with E-state index in [1.54, 1.807) is 0 Å². The lowest BCUT2D eigenvalue weighted by Gasteiger charge is -2.34. The second-order valence-electron chi connectivity index (χ2n) is 5.92. The third-order valence-corrected chi connectivity index (χ3v) is 6.40. The summed E-state index contributed by atoms with van der Waals surface area (Å²) in [4.78, 5) is 5.37. The van der Waals surface area contributed by atoms with Crippen LogP contribution in [0.3, 0.4) is 0 Å². The van der Waals surface area contributed by atoms with Crippen molar-refractivity contribution < 1.29 is 0 Å². The van der Waals surface area contributed by atoms with Crippen molar-refractivity contribution in [2.24, 2.45) is 11.0 Å². The lowest BCUT2D eigenvalue weighted by Crippen LogP contribution is -2.41. The van der Waals surface area contributed by atoms with Gasteiger partial charge in [0.2, 0.25) is 0 Å². The normalized spacial score (nSPS) is 32.7. The van der Waals surface area contributed by atoms with Crippen molar-refractivity contribution in [2.75, 3.05) is 27.2 Å². The number of likely N-dealkylation sites (N-methyl/N-ethyl adjacent to an activating group) is 1. The number of piperidine rings is 1. The predicted octanol–water partition coefficient (Wildman–Crippen LogP) is 3.56. The van der Waals surface area contributed by atoms with Crippen LogP contribution in [0.15, 0.2) is 44.6 Å². The van der Waals surface area contributed by atoms with Crippen LogP contribution < -0.4 is 0 Å². The molecule has 1 aromatic heterocycles. The Bertz CT molecular complexity index is 620. The van der Waals surface area contributed by atoms with Crippen LogP contribution in [-0.4, -0.2) is 42.8 Å². The average Bonchev–Trinajstić information content (AvgIpc) is 3.16. The van der Waals surface area contributed by atoms with Crippen LogP contribution in [0.5, 0.6) is 0 Å². The standard InChI is InChI=1S/C16H19N3S2/c1-18-9-11(13-5-3-7-20-13)15-12(10-18)16(19(2)17-15)14-6-4-8-21-14/h3-4,6-8,12,16H,5,9-10H2,1-2H3/b13-11+. The molecule has 3 aliphatic rings. The lowest BCUT2D eigenvalue weighted by molar-refractivity contribution is 0.214. The molecule has 0 amide bonds. The molecule has 0 N–H and O–H groups in total. The first-order valence-corrected chi connectivity index (χ1v) is 9.07. The first kappa shape index (κ1) is 13.6. The fourth-order valence-electron chi connectivity index (χ4n) is 3.54. The minimum Gasteiger partial charge on any atom is -0.301 e. The van der Waals surface area contributed by atoms with Crippen molar-refractivity contribution in [3.8, 4) is 0 Å². The number of rotatable bonds is 1. The van der Waals surface area contributed by atoms with Crippen LogP contribution in [0, 0.1) is 5.92 Å². The maximum atomic E-state index is 4.94. The number of thiophene rings is 1. The molecule has 4 rings (SSSR count). The molecule has 3 aliphatic heterocycles. The minimum absolute atomic E-state index is 0.401. The van der Waals surface area contributed by atoms with Gasteiger partial charge in [0.1, 0.15) is 0 Å². The van der Waals surface area contributed by atoms with Gasteiger partial charge in [0, 0.05) is 30.9 Å². The van der Waals surface area contributed by atoms with E-state index < -0.39 is 0 Å². The molecule has 110 valence electrons. The highest BCUT2D eigenvalue weighted by Crippen LogP contribution is 2.43. The molecule has 0 bridgehead atoms. The summed E-state index contributed by atoms with van der Waals surface area (Å²) in [5, 5.41) is 11.5. The van der Waals surface area contributed by atoms with Crippen molar-refractivity contribution in [2.45, 2.75) is 12.5 Å². The van der Waals surface area contributed by atoms with Gasteiger partial charge in [-0.2, -0.15) is 5.10 Å². The Hall–Kier alpha value is -1.04. The van der Waals surface area contributed by atoms with E-state index >= 15 is 0 Å². The van der Waals surface area contributed by atoms with Gasteiger partial charge in [-0.15, -0.1) is 23.1 Å². The molecule has 1 aromatic rings. The number of nitrogens with zero attached hydrogens (tertiary/aromatic N) is 3. The summed E-state index contributed by atoms with van der Waals surface area (Å²) in [7, 11) is 4.35. The van der Waals surface area contributed by atoms with Crippen LogP contribution in [0.25, 0.3) is 0 Å². The van der Waals surface area contributed by atoms with Crippen molar-refractivity contribution in [3.63, 3.8) is 0 Å². The van der Waals surface area contributed by atoms with Gasteiger partial charge in [-0.1, -0.05) is 12.1 Å². The molecular formula is C16H19N3S2. The Morgan fingerprint density at radius 2 is 2.24 bits per heavy atom. The lowest BCUT2D eigenvalue weighted by atomic mass is 9.86. The second-order valence-corrected chi connectivity index (χ2v) is 7.90. The predicted molar refractivity (Wildman–Crippen MR) is 91.6 cm³/mol. The summed E-state index contributed by atoms with van der Waals surface area (Å²) in [5.74, 6) is 0.496. The highest BCUT2D eigenvalue weighted by atomic mass is 32.2. The molecule has 0 spiro atoms. The van der Waals surface area contributed by atoms with Gasteiger partial charge in [-0.05, 0) is 40.8 Å². The molecule has 0 aliphatic carbocycles. The van der Waals surface area contributed by atoms with E-state index in [2.05, 4.69) is 53.0 Å². The summed E-state index contributed by atoms with van der Waals surface area (Å²) >= 11 is 3.72. The Morgan fingerprint density at radius 3 is 2.95 bits per heavy atom. The van der Waals surface area contributed by atoms with Gasteiger partial charge in [0.05, 0.1) is 11.8 Å². The molecule has 4 heterocycles. The summed E-state index contributed by atoms with van der Waals surface area (Å²) in [5.41, 5.74) is 2.80. The first-order chi connectivity index (χ1) is 10.2. The molecule has 2 unspecified atom stereocenters. The van der Waals surface area contributed by atoms with Crippen molar-refractivity contribution in [3.05, 3.63) is 44.4 Å². The van der Waals surface area contributed by atoms with Gasteiger partial charge >= 0.3 is 0 Å². The van der Waals surface area contributed by atoms with Gasteiger partial charge in [0.25, 0.3) is 0 Å². The second kappa shape index (κ2) is 5.30. The SMILES string of the molecule is CN1C/C(=C2/CC=CS2)C2=NN(C)C(c3cccs3)C2C1. The zero-order chi connectivity index (χ0) is 14.4. The maximum Gasteiger partial charge on any atom is 0.0905 e. The molecule has 3 nitrogen and oxygen atoms in total. The maximum absolute atomic E-state index is 4.94. The van der Waals surface area contributed by atoms with E-state index in [9.17, 15) is 0 Å². The summed E-state index contributed by atoms with van der Waals surface area (Å²) < 4.78 is 0. The van der Waals surface area contributed by atoms with E-state index in [0.717, 1.165) is 19.5 Å². The van der Waals surface area contributed by atoms with Gasteiger partial charge in [0.15, 0.2) is 0 Å². The Kier molecular flexibility index (Phi) is 3.44. The molecule has 0 saturated carbocycles. The quantitative estimate of drug-likeness (QED) is 0.789. The van der Waals surface area contributed by atoms with Crippen LogP contribution in [0.4, 0.5) is 0 Å². The number of hydrogen-bond donors (Lipinski definition) is 0. The Morgan fingerprint density at radius 1 is 1.33 bits per heavy atom. The van der Waals surface area contributed by atoms with Crippen LogP contribution in [0.2, 0.25) is 0 Å². The minimum atomic E-state index is 0.401. The summed E-state index contributed by atoms with van der Waals surface area (Å²) in [6, 6.07) is 4.80. The number of hydrogen-bond acceptors (Lipinski definition) is 5. The summed E-state index contributed by atoms with van der Waals surface area (Å²) in [6.45, 7) is 2.13. The molecular weight excluding hydrogens is 298 g/mol. The number of allylic oxidation sites excluding steroid dienone is 2. The van der Waals surface area contributed by atoms with Crippen LogP contribution in [0.1, 0.15) is 17.3 Å². The topological polar surface area (TPSA) is 18.8 Å². The molecule has 5 heteroatoms. The van der Waals surface area contributed by atoms with E-state index in [0.29, 0.717) is 12.0 Å². The Labute approximate surface area is 134 Å². The third kappa shape index (κ3) is 2.28. The molecule has 0 aromatic carbocycles. The average molecular weight is 317 g/mol. The van der Waals surface area contributed by atoms with Crippen LogP contribution in [-0.2, 0) is 0 Å². The fourth-order valence-corrected chi connectivity index (χ4v) is 5.33. The number of likely N-dealkylation sites (tertiary alicyclic amines) is 1. The van der Waals surface area contributed by atoms with Crippen LogP contribution >= 0.6 is 23.1 Å². The highest BCUT2D eigenvalue weighted by molar-refractivity contribution is 8.06. The molecule has 21 heavy (non-hydrogen) atoms. The molecule has 2 atom stereocenters. The van der Waals surface area contributed by atoms with Gasteiger partial charge < -0.3 is 4.90 Å². The smallest absolute Gasteiger partial charge is 0.0905 e. The monoisotopic (exact) mass is 317 g/mol. The largest absolute Gasteiger partial charge is 0.301 e. The molecule has 0 radical (unpaired) electrons. The zero-order valence-corrected chi connectivity index (χ0v) is 14.0. The highest BCUT2D eigenvalue weighted by Gasteiger charge is 2.42. The summed E-state index contributed by atoms with van der Waals surface area (Å²) in [6.07, 6.45) is 3.33. The number of hydrazone groups is 1. The van der Waals surface area contributed by atoms with Crippen molar-refractivity contribution in [1.82, 2.24) is 9.91 Å². The fraction of sp³-hybridized carbons (Fsp3) is 0.438. The third-order valence-electron chi connectivity index (χ3n) is 4.43. The van der Waals surface area contributed by atoms with E-state index in [1.165, 1.54) is 21.1 Å². The number of fused-ring (bicyclic) bond motifs is 1. The van der Waals surface area contributed by atoms with Crippen molar-refractivity contribution >= 4 is 28.8 Å². The zero-order valence-electron chi connectivity index (χ0n) is 12.3. The van der Waals surface area contributed by atoms with Crippen molar-refractivity contribution in [1.29, 1.82) is 0 Å². The van der Waals surface area contributed by atoms with E-state index in [4.69, 9.17) is 5.10 Å². The molecule has 1 fully saturated rings. The number of thioether (sulfide) groups is 1. The van der Waals surface area contributed by atoms with Gasteiger partial charge in [-0.25, -0.2) is 0 Å². The van der Waals surface area contributed by atoms with E-state index in [-0.39, 0.29) is 0 Å². The Balaban J connectivity index is 1.73. The first-order valence-electron chi connectivity index (χ1n) is 7.31. The molecule has 1 saturated heterocycles. The van der Waals surface area contributed by atoms with Gasteiger partial charge in [-0.3, -0.25) is 5.01 Å².